The average Bonchev–Trinajstić information content (AvgIpc) is 3.13. The van der Waals surface area contributed by atoms with Crippen LogP contribution in [0.4, 0.5) is 10.5 Å². The molecule has 4 rings (SSSR count). The summed E-state index contributed by atoms with van der Waals surface area (Å²) in [5.74, 6) is 0. The number of thiazole rings is 1. The molecule has 1 aromatic heterocycles. The Labute approximate surface area is 181 Å². The Hall–Kier alpha value is -1.57. The second-order valence-corrected chi connectivity index (χ2v) is 10.2. The van der Waals surface area contributed by atoms with Crippen LogP contribution in [0.25, 0.3) is 0 Å². The number of nitrogens with one attached hydrogen (secondary N) is 1. The van der Waals surface area contributed by atoms with Gasteiger partial charge in [0.05, 0.1) is 16.4 Å². The summed E-state index contributed by atoms with van der Waals surface area (Å²) in [6.45, 7) is 6.89. The minimum atomic E-state index is 0.0397. The lowest BCUT2D eigenvalue weighted by Crippen LogP contribution is -2.54. The lowest BCUT2D eigenvalue weighted by atomic mass is 9.73. The van der Waals surface area contributed by atoms with Crippen molar-refractivity contribution in [2.45, 2.75) is 44.0 Å². The van der Waals surface area contributed by atoms with Crippen LogP contribution >= 0.6 is 23.1 Å². The molecule has 29 heavy (non-hydrogen) atoms. The normalized spacial score (nSPS) is 22.8. The molecule has 2 amide bonds. The highest BCUT2D eigenvalue weighted by molar-refractivity contribution is 7.98. The van der Waals surface area contributed by atoms with Gasteiger partial charge in [0.25, 0.3) is 0 Å². The molecule has 0 radical (unpaired) electrons. The van der Waals surface area contributed by atoms with Crippen LogP contribution in [0, 0.1) is 12.3 Å². The van der Waals surface area contributed by atoms with Gasteiger partial charge in [0.15, 0.2) is 0 Å². The van der Waals surface area contributed by atoms with E-state index in [4.69, 9.17) is 0 Å². The molecule has 1 unspecified atom stereocenters. The van der Waals surface area contributed by atoms with E-state index in [1.54, 1.807) is 23.1 Å². The molecular weight excluding hydrogens is 400 g/mol. The topological polar surface area (TPSA) is 48.5 Å². The number of para-hydroxylation sites is 1. The minimum Gasteiger partial charge on any atom is -0.324 e. The molecule has 2 aliphatic rings. The van der Waals surface area contributed by atoms with Crippen molar-refractivity contribution in [3.8, 4) is 0 Å². The lowest BCUT2D eigenvalue weighted by Gasteiger charge is -2.48. The number of urea groups is 1. The number of carbonyl (C=O) groups is 1. The number of piperidine rings is 2. The monoisotopic (exact) mass is 430 g/mol. The van der Waals surface area contributed by atoms with E-state index in [2.05, 4.69) is 33.6 Å². The molecule has 156 valence electrons. The number of amides is 2. The second-order valence-electron chi connectivity index (χ2n) is 8.33. The lowest BCUT2D eigenvalue weighted by molar-refractivity contribution is 0.0251. The first kappa shape index (κ1) is 20.7. The van der Waals surface area contributed by atoms with Crippen molar-refractivity contribution in [2.24, 2.45) is 5.41 Å². The van der Waals surface area contributed by atoms with Gasteiger partial charge in [-0.1, -0.05) is 12.1 Å². The molecule has 2 aliphatic heterocycles. The number of rotatable bonds is 4. The standard InChI is InChI=1S/C22H30N4OS2/c1-17-23-18(14-29-17)13-25-11-5-9-22(15-25)10-6-12-26(16-22)21(27)24-19-7-3-4-8-20(19)28-2/h3-4,7-8,14H,5-6,9-13,15-16H2,1-2H3,(H,24,27). The van der Waals surface area contributed by atoms with Crippen LogP contribution in [0.3, 0.4) is 0 Å². The Balaban J connectivity index is 1.40. The molecular formula is C22H30N4OS2. The Kier molecular flexibility index (Phi) is 6.47. The second kappa shape index (κ2) is 9.06. The van der Waals surface area contributed by atoms with Crippen molar-refractivity contribution in [2.75, 3.05) is 37.8 Å². The van der Waals surface area contributed by atoms with E-state index in [1.165, 1.54) is 25.0 Å². The maximum atomic E-state index is 13.0. The molecule has 5 nitrogen and oxygen atoms in total. The summed E-state index contributed by atoms with van der Waals surface area (Å²) >= 11 is 3.39. The number of aryl methyl sites for hydroxylation is 1. The van der Waals surface area contributed by atoms with Gasteiger partial charge in [0.2, 0.25) is 0 Å². The van der Waals surface area contributed by atoms with E-state index in [1.807, 2.05) is 29.4 Å². The molecule has 2 aromatic rings. The zero-order valence-corrected chi connectivity index (χ0v) is 19.0. The highest BCUT2D eigenvalue weighted by Gasteiger charge is 2.40. The van der Waals surface area contributed by atoms with Gasteiger partial charge in [-0.25, -0.2) is 9.78 Å². The van der Waals surface area contributed by atoms with Gasteiger partial charge in [-0.05, 0) is 57.5 Å². The van der Waals surface area contributed by atoms with Crippen LogP contribution in [-0.4, -0.2) is 53.2 Å². The van der Waals surface area contributed by atoms with Gasteiger partial charge in [-0.2, -0.15) is 0 Å². The smallest absolute Gasteiger partial charge is 0.321 e. The van der Waals surface area contributed by atoms with Crippen LogP contribution in [0.1, 0.15) is 36.4 Å². The molecule has 1 N–H and O–H groups in total. The number of aromatic nitrogens is 1. The summed E-state index contributed by atoms with van der Waals surface area (Å²) < 4.78 is 0. The Morgan fingerprint density at radius 2 is 2.03 bits per heavy atom. The average molecular weight is 431 g/mol. The maximum absolute atomic E-state index is 13.0. The van der Waals surface area contributed by atoms with Crippen molar-refractivity contribution in [1.82, 2.24) is 14.8 Å². The molecule has 3 heterocycles. The first-order valence-corrected chi connectivity index (χ1v) is 12.5. The fourth-order valence-electron chi connectivity index (χ4n) is 4.81. The number of nitrogens with zero attached hydrogens (tertiary/aromatic N) is 3. The van der Waals surface area contributed by atoms with E-state index in [-0.39, 0.29) is 11.4 Å². The Morgan fingerprint density at radius 1 is 1.24 bits per heavy atom. The van der Waals surface area contributed by atoms with Crippen LogP contribution in [0.15, 0.2) is 34.5 Å². The summed E-state index contributed by atoms with van der Waals surface area (Å²) in [7, 11) is 0. The highest BCUT2D eigenvalue weighted by Crippen LogP contribution is 2.39. The zero-order valence-electron chi connectivity index (χ0n) is 17.3. The third-order valence-corrected chi connectivity index (χ3v) is 7.71. The van der Waals surface area contributed by atoms with Gasteiger partial charge in [0, 0.05) is 41.9 Å². The SMILES string of the molecule is CSc1ccccc1NC(=O)N1CCCC2(CCCN(Cc3csc(C)n3)C2)C1. The predicted molar refractivity (Wildman–Crippen MR) is 122 cm³/mol. The Bertz CT molecular complexity index is 851. The summed E-state index contributed by atoms with van der Waals surface area (Å²) in [4.78, 5) is 23.4. The van der Waals surface area contributed by atoms with Crippen molar-refractivity contribution >= 4 is 34.8 Å². The molecule has 0 saturated carbocycles. The summed E-state index contributed by atoms with van der Waals surface area (Å²) in [5.41, 5.74) is 2.32. The molecule has 1 spiro atoms. The van der Waals surface area contributed by atoms with Gasteiger partial charge in [-0.15, -0.1) is 23.1 Å². The van der Waals surface area contributed by atoms with Crippen LogP contribution in [0.5, 0.6) is 0 Å². The van der Waals surface area contributed by atoms with Crippen molar-refractivity contribution in [3.63, 3.8) is 0 Å². The molecule has 2 saturated heterocycles. The van der Waals surface area contributed by atoms with E-state index in [9.17, 15) is 4.79 Å². The maximum Gasteiger partial charge on any atom is 0.321 e. The number of hydrogen-bond donors (Lipinski definition) is 1. The van der Waals surface area contributed by atoms with Gasteiger partial charge >= 0.3 is 6.03 Å². The van der Waals surface area contributed by atoms with Gasteiger partial charge < -0.3 is 10.2 Å². The van der Waals surface area contributed by atoms with Crippen molar-refractivity contribution < 1.29 is 4.79 Å². The summed E-state index contributed by atoms with van der Waals surface area (Å²) in [6, 6.07) is 8.07. The van der Waals surface area contributed by atoms with Crippen LogP contribution < -0.4 is 5.32 Å². The van der Waals surface area contributed by atoms with Gasteiger partial charge in [-0.3, -0.25) is 4.90 Å². The molecule has 1 aromatic carbocycles. The van der Waals surface area contributed by atoms with E-state index < -0.39 is 0 Å². The van der Waals surface area contributed by atoms with E-state index in [0.29, 0.717) is 0 Å². The molecule has 0 bridgehead atoms. The summed E-state index contributed by atoms with van der Waals surface area (Å²) in [5, 5.41) is 6.47. The fourth-order valence-corrected chi connectivity index (χ4v) is 5.97. The number of thioether (sulfide) groups is 1. The largest absolute Gasteiger partial charge is 0.324 e. The number of carbonyl (C=O) groups excluding carboxylic acids is 1. The third-order valence-electron chi connectivity index (χ3n) is 6.09. The van der Waals surface area contributed by atoms with E-state index in [0.717, 1.165) is 54.7 Å². The van der Waals surface area contributed by atoms with Crippen molar-refractivity contribution in [1.29, 1.82) is 0 Å². The zero-order chi connectivity index (χ0) is 20.3. The third kappa shape index (κ3) is 4.95. The highest BCUT2D eigenvalue weighted by atomic mass is 32.2. The van der Waals surface area contributed by atoms with Crippen LogP contribution in [-0.2, 0) is 6.54 Å². The minimum absolute atomic E-state index is 0.0397. The number of anilines is 1. The van der Waals surface area contributed by atoms with Gasteiger partial charge in [0.1, 0.15) is 0 Å². The molecule has 2 fully saturated rings. The first-order chi connectivity index (χ1) is 14.1. The quantitative estimate of drug-likeness (QED) is 0.687. The number of benzene rings is 1. The predicted octanol–water partition coefficient (Wildman–Crippen LogP) is 5.08. The van der Waals surface area contributed by atoms with Crippen LogP contribution in [0.2, 0.25) is 0 Å². The summed E-state index contributed by atoms with van der Waals surface area (Å²) in [6.07, 6.45) is 6.76. The molecule has 1 atom stereocenters. The van der Waals surface area contributed by atoms with E-state index >= 15 is 0 Å². The van der Waals surface area contributed by atoms with Crippen molar-refractivity contribution in [3.05, 3.63) is 40.3 Å². The number of hydrogen-bond acceptors (Lipinski definition) is 5. The first-order valence-electron chi connectivity index (χ1n) is 10.4. The fraction of sp³-hybridized carbons (Fsp3) is 0.545. The number of likely N-dealkylation sites (tertiary alicyclic amines) is 2. The Morgan fingerprint density at radius 3 is 2.79 bits per heavy atom. The molecule has 0 aliphatic carbocycles. The molecule has 7 heteroatoms.